The van der Waals surface area contributed by atoms with Crippen molar-refractivity contribution in [1.82, 2.24) is 5.32 Å². The van der Waals surface area contributed by atoms with Gasteiger partial charge in [-0.25, -0.2) is 0 Å². The van der Waals surface area contributed by atoms with Crippen LogP contribution in [0.3, 0.4) is 0 Å². The lowest BCUT2D eigenvalue weighted by atomic mass is 10.0. The molecule has 0 aromatic carbocycles. The molecule has 0 aromatic heterocycles. The summed E-state index contributed by atoms with van der Waals surface area (Å²) >= 11 is 0. The molecule has 0 saturated heterocycles. The summed E-state index contributed by atoms with van der Waals surface area (Å²) in [6, 6.07) is -0.932. The van der Waals surface area contributed by atoms with Gasteiger partial charge in [-0.15, -0.1) is 0 Å². The number of amides is 1. The molecule has 3 atom stereocenters. The average molecular weight is 1010 g/mol. The second-order valence-electron chi connectivity index (χ2n) is 19.5. The van der Waals surface area contributed by atoms with Crippen LogP contribution in [0.2, 0.25) is 0 Å². The molecule has 1 amide bonds. The van der Waals surface area contributed by atoms with Gasteiger partial charge in [0.1, 0.15) is 13.2 Å². The Morgan fingerprint density at radius 3 is 1.31 bits per heavy atom. The van der Waals surface area contributed by atoms with Gasteiger partial charge in [-0.1, -0.05) is 225 Å². The lowest BCUT2D eigenvalue weighted by Crippen LogP contribution is -2.45. The van der Waals surface area contributed by atoms with Crippen LogP contribution in [0.15, 0.2) is 134 Å². The molecule has 0 radical (unpaired) electrons. The Balaban J connectivity index is 4.39. The molecule has 8 nitrogen and oxygen atoms in total. The first-order chi connectivity index (χ1) is 34.5. The Bertz CT molecular complexity index is 1610. The van der Waals surface area contributed by atoms with Crippen LogP contribution in [0.4, 0.5) is 0 Å². The molecule has 0 fully saturated rings. The lowest BCUT2D eigenvalue weighted by molar-refractivity contribution is -0.870. The van der Waals surface area contributed by atoms with Crippen LogP contribution in [0.25, 0.3) is 0 Å². The summed E-state index contributed by atoms with van der Waals surface area (Å²) in [5.41, 5.74) is 0. The number of aliphatic hydroxyl groups excluding tert-OH is 1. The van der Waals surface area contributed by atoms with E-state index in [-0.39, 0.29) is 18.9 Å². The zero-order valence-electron chi connectivity index (χ0n) is 45.9. The smallest absolute Gasteiger partial charge is 0.268 e. The summed E-state index contributed by atoms with van der Waals surface area (Å²) in [6.07, 6.45) is 78.1. The maximum Gasteiger partial charge on any atom is 0.268 e. The number of hydrogen-bond acceptors (Lipinski definition) is 6. The molecule has 404 valence electrons. The first kappa shape index (κ1) is 67.6. The Kier molecular flexibility index (Phi) is 49.1. The third-order valence-corrected chi connectivity index (χ3v) is 12.6. The number of allylic oxidation sites excluding steroid dienone is 21. The zero-order chi connectivity index (χ0) is 52.0. The molecular weight excluding hydrogens is 900 g/mol. The van der Waals surface area contributed by atoms with E-state index < -0.39 is 26.6 Å². The van der Waals surface area contributed by atoms with Crippen molar-refractivity contribution in [3.05, 3.63) is 134 Å². The fourth-order valence-corrected chi connectivity index (χ4v) is 7.94. The Labute approximate surface area is 436 Å². The third-order valence-electron chi connectivity index (χ3n) is 11.6. The number of carbonyl (C=O) groups excluding carboxylic acids is 1. The van der Waals surface area contributed by atoms with E-state index >= 15 is 0 Å². The number of carbonyl (C=O) groups is 1. The minimum absolute atomic E-state index is 0.0209. The fourth-order valence-electron chi connectivity index (χ4n) is 7.22. The molecule has 0 bridgehead atoms. The molecule has 0 rings (SSSR count). The molecular formula is C62H105N2O6P. The highest BCUT2D eigenvalue weighted by atomic mass is 31.2. The van der Waals surface area contributed by atoms with Crippen molar-refractivity contribution in [3.63, 3.8) is 0 Å². The molecule has 9 heteroatoms. The topological polar surface area (TPSA) is 108 Å². The van der Waals surface area contributed by atoms with Crippen molar-refractivity contribution < 1.29 is 32.9 Å². The van der Waals surface area contributed by atoms with E-state index in [1.54, 1.807) is 6.08 Å². The molecule has 0 spiro atoms. The first-order valence-corrected chi connectivity index (χ1v) is 29.5. The van der Waals surface area contributed by atoms with Gasteiger partial charge in [0, 0.05) is 6.42 Å². The number of likely N-dealkylation sites (N-methyl/N-ethyl adjacent to an activating group) is 1. The minimum atomic E-state index is -4.62. The number of nitrogens with one attached hydrogen (secondary N) is 1. The summed E-state index contributed by atoms with van der Waals surface area (Å²) in [5.74, 6) is -0.245. The van der Waals surface area contributed by atoms with Crippen LogP contribution in [0.1, 0.15) is 200 Å². The van der Waals surface area contributed by atoms with Crippen LogP contribution in [0, 0.1) is 0 Å². The van der Waals surface area contributed by atoms with E-state index in [0.29, 0.717) is 17.4 Å². The summed E-state index contributed by atoms with van der Waals surface area (Å²) in [5, 5.41) is 13.8. The van der Waals surface area contributed by atoms with Crippen molar-refractivity contribution in [3.8, 4) is 0 Å². The van der Waals surface area contributed by atoms with E-state index in [1.807, 2.05) is 27.2 Å². The molecule has 0 aliphatic rings. The van der Waals surface area contributed by atoms with Gasteiger partial charge in [0.25, 0.3) is 7.82 Å². The molecule has 0 saturated carbocycles. The van der Waals surface area contributed by atoms with Gasteiger partial charge in [0.15, 0.2) is 0 Å². The Morgan fingerprint density at radius 2 is 0.873 bits per heavy atom. The number of quaternary nitrogens is 1. The van der Waals surface area contributed by atoms with Gasteiger partial charge in [-0.2, -0.15) is 0 Å². The van der Waals surface area contributed by atoms with E-state index in [1.165, 1.54) is 77.0 Å². The van der Waals surface area contributed by atoms with Gasteiger partial charge in [-0.3, -0.25) is 9.36 Å². The number of aliphatic hydroxyl groups is 1. The highest BCUT2D eigenvalue weighted by Gasteiger charge is 2.23. The largest absolute Gasteiger partial charge is 0.756 e. The maximum absolute atomic E-state index is 12.9. The van der Waals surface area contributed by atoms with E-state index in [9.17, 15) is 19.4 Å². The van der Waals surface area contributed by atoms with Crippen LogP contribution in [0.5, 0.6) is 0 Å². The Hall–Kier alpha value is -3.36. The maximum atomic E-state index is 12.9. The van der Waals surface area contributed by atoms with Crippen molar-refractivity contribution >= 4 is 13.7 Å². The van der Waals surface area contributed by atoms with Gasteiger partial charge < -0.3 is 28.8 Å². The number of hydrogen-bond donors (Lipinski definition) is 2. The summed E-state index contributed by atoms with van der Waals surface area (Å²) < 4.78 is 23.3. The van der Waals surface area contributed by atoms with Crippen molar-refractivity contribution in [2.45, 2.75) is 212 Å². The number of rotatable bonds is 49. The van der Waals surface area contributed by atoms with Crippen LogP contribution < -0.4 is 10.2 Å². The van der Waals surface area contributed by atoms with Crippen molar-refractivity contribution in [2.75, 3.05) is 40.9 Å². The van der Waals surface area contributed by atoms with Crippen LogP contribution in [-0.2, 0) is 18.4 Å². The monoisotopic (exact) mass is 1000 g/mol. The molecule has 0 aliphatic heterocycles. The molecule has 0 aliphatic carbocycles. The predicted octanol–water partition coefficient (Wildman–Crippen LogP) is 16.5. The van der Waals surface area contributed by atoms with Crippen LogP contribution in [-0.4, -0.2) is 68.5 Å². The van der Waals surface area contributed by atoms with E-state index in [2.05, 4.69) is 141 Å². The Morgan fingerprint density at radius 1 is 0.507 bits per heavy atom. The molecule has 71 heavy (non-hydrogen) atoms. The lowest BCUT2D eigenvalue weighted by Gasteiger charge is -2.29. The highest BCUT2D eigenvalue weighted by molar-refractivity contribution is 7.45. The first-order valence-electron chi connectivity index (χ1n) is 28.0. The quantitative estimate of drug-likeness (QED) is 0.0272. The summed E-state index contributed by atoms with van der Waals surface area (Å²) in [6.45, 7) is 4.47. The minimum Gasteiger partial charge on any atom is -0.756 e. The normalized spacial score (nSPS) is 15.0. The van der Waals surface area contributed by atoms with Gasteiger partial charge in [-0.05, 0) is 103 Å². The zero-order valence-corrected chi connectivity index (χ0v) is 46.8. The number of nitrogens with zero attached hydrogens (tertiary/aromatic N) is 1. The molecule has 3 unspecified atom stereocenters. The number of phosphoric acid groups is 1. The van der Waals surface area contributed by atoms with Crippen molar-refractivity contribution in [2.24, 2.45) is 0 Å². The standard InChI is InChI=1S/C62H105N2O6P/c1-6-8-10-12-14-16-18-20-22-24-26-27-28-29-30-31-32-33-34-35-36-37-38-40-42-44-46-48-50-52-54-56-62(66)63-60(59-70-71(67,68)69-58-57-64(3,4)5)61(65)55-53-51-49-47-45-43-41-39-25-23-21-19-17-15-13-11-9-7-2/h8,10,14,16,20,22,26-27,29-30,32-33,35-36,38,40,44-47,53,55,60-61,65H,6-7,9,11-13,15,17-19,21,23-25,28,31,34,37,39,41-43,48-52,54,56-59H2,1-5H3,(H-,63,66,67,68)/b10-8-,16-14-,22-20-,27-26-,30-29-,33-32-,36-35-,40-38-,46-44-,47-45+,55-53+. The predicted molar refractivity (Wildman–Crippen MR) is 306 cm³/mol. The number of unbranched alkanes of at least 4 members (excludes halogenated alkanes) is 16. The van der Waals surface area contributed by atoms with E-state index in [0.717, 1.165) is 96.3 Å². The van der Waals surface area contributed by atoms with Gasteiger partial charge in [0.05, 0.1) is 39.9 Å². The summed E-state index contributed by atoms with van der Waals surface area (Å²) in [4.78, 5) is 25.5. The van der Waals surface area contributed by atoms with Crippen molar-refractivity contribution in [1.29, 1.82) is 0 Å². The van der Waals surface area contributed by atoms with E-state index in [4.69, 9.17) is 9.05 Å². The molecule has 2 N–H and O–H groups in total. The second kappa shape index (κ2) is 51.5. The van der Waals surface area contributed by atoms with Crippen LogP contribution >= 0.6 is 7.82 Å². The highest BCUT2D eigenvalue weighted by Crippen LogP contribution is 2.38. The SMILES string of the molecule is CC/C=C\C/C=C\C/C=C\C/C=C\C/C=C\C/C=C\C/C=C\C/C=C\C/C=C\CCCCCC(=O)NC(COP(=O)([O-])OCC[N+](C)(C)C)C(O)/C=C/CC/C=C/CCCCCCCCCCCCCC. The fraction of sp³-hybridized carbons (Fsp3) is 0.629. The van der Waals surface area contributed by atoms with Gasteiger partial charge in [0.2, 0.25) is 5.91 Å². The third kappa shape index (κ3) is 54.3. The molecule has 0 heterocycles. The summed E-state index contributed by atoms with van der Waals surface area (Å²) in [7, 11) is 1.20. The average Bonchev–Trinajstić information content (AvgIpc) is 3.33. The number of phosphoric ester groups is 1. The van der Waals surface area contributed by atoms with Gasteiger partial charge >= 0.3 is 0 Å². The molecule has 0 aromatic rings. The second-order valence-corrected chi connectivity index (χ2v) is 21.0.